The lowest BCUT2D eigenvalue weighted by Gasteiger charge is -2.27. The van der Waals surface area contributed by atoms with E-state index in [9.17, 15) is 0 Å². The van der Waals surface area contributed by atoms with Crippen molar-refractivity contribution >= 4 is 0 Å². The Labute approximate surface area is 84.0 Å². The van der Waals surface area contributed by atoms with E-state index < -0.39 is 0 Å². The zero-order valence-electron chi connectivity index (χ0n) is 8.57. The van der Waals surface area contributed by atoms with Gasteiger partial charge in [-0.15, -0.1) is 0 Å². The van der Waals surface area contributed by atoms with Crippen molar-refractivity contribution in [1.29, 1.82) is 0 Å². The number of nitrogens with zero attached hydrogens (tertiary/aromatic N) is 2. The highest BCUT2D eigenvalue weighted by molar-refractivity contribution is 5.10. The number of nitrogens with two attached hydrogens (primary N) is 1. The molecular formula is C10H17N3O. The maximum atomic E-state index is 5.49. The van der Waals surface area contributed by atoms with E-state index in [1.54, 1.807) is 0 Å². The van der Waals surface area contributed by atoms with E-state index in [2.05, 4.69) is 17.1 Å². The molecule has 0 radical (unpaired) electrons. The van der Waals surface area contributed by atoms with E-state index in [1.165, 1.54) is 19.4 Å². The van der Waals surface area contributed by atoms with Crippen LogP contribution in [0.25, 0.3) is 0 Å². The summed E-state index contributed by atoms with van der Waals surface area (Å²) in [5.74, 6) is 1.50. The molecule has 1 saturated heterocycles. The lowest BCUT2D eigenvalue weighted by molar-refractivity contribution is 0.223. The second-order valence-electron chi connectivity index (χ2n) is 4.03. The van der Waals surface area contributed by atoms with Crippen molar-refractivity contribution < 1.29 is 4.52 Å². The summed E-state index contributed by atoms with van der Waals surface area (Å²) in [7, 11) is 2.15. The molecule has 1 unspecified atom stereocenters. The second kappa shape index (κ2) is 4.11. The molecule has 0 aliphatic carbocycles. The number of likely N-dealkylation sites (N-methyl/N-ethyl adjacent to an activating group) is 1. The second-order valence-corrected chi connectivity index (χ2v) is 4.03. The van der Waals surface area contributed by atoms with Gasteiger partial charge in [0, 0.05) is 25.1 Å². The van der Waals surface area contributed by atoms with Gasteiger partial charge in [-0.25, -0.2) is 0 Å². The van der Waals surface area contributed by atoms with Gasteiger partial charge in [0.1, 0.15) is 5.76 Å². The molecule has 4 nitrogen and oxygen atoms in total. The Kier molecular flexibility index (Phi) is 2.84. The molecule has 0 spiro atoms. The highest BCUT2D eigenvalue weighted by atomic mass is 16.5. The maximum absolute atomic E-state index is 5.49. The molecule has 1 aliphatic rings. The highest BCUT2D eigenvalue weighted by Gasteiger charge is 2.22. The van der Waals surface area contributed by atoms with Gasteiger partial charge >= 0.3 is 0 Å². The molecule has 0 aromatic carbocycles. The van der Waals surface area contributed by atoms with Crippen LogP contribution in [-0.4, -0.2) is 30.2 Å². The first-order chi connectivity index (χ1) is 6.79. The summed E-state index contributed by atoms with van der Waals surface area (Å²) in [6, 6.07) is 1.99. The number of piperidine rings is 1. The lowest BCUT2D eigenvalue weighted by Crippen LogP contribution is -2.30. The molecular weight excluding hydrogens is 178 g/mol. The summed E-state index contributed by atoms with van der Waals surface area (Å²) < 4.78 is 5.29. The third-order valence-corrected chi connectivity index (χ3v) is 2.81. The average molecular weight is 195 g/mol. The minimum atomic E-state index is 0.464. The summed E-state index contributed by atoms with van der Waals surface area (Å²) in [6.07, 6.45) is 2.43. The van der Waals surface area contributed by atoms with Crippen molar-refractivity contribution in [2.24, 2.45) is 5.73 Å². The van der Waals surface area contributed by atoms with Crippen LogP contribution in [0.3, 0.4) is 0 Å². The largest absolute Gasteiger partial charge is 0.361 e. The molecule has 2 rings (SSSR count). The van der Waals surface area contributed by atoms with Crippen LogP contribution in [0.1, 0.15) is 30.2 Å². The Morgan fingerprint density at radius 3 is 3.21 bits per heavy atom. The molecule has 0 saturated carbocycles. The Morgan fingerprint density at radius 1 is 1.71 bits per heavy atom. The zero-order valence-corrected chi connectivity index (χ0v) is 8.57. The van der Waals surface area contributed by atoms with Crippen LogP contribution in [0.5, 0.6) is 0 Å². The molecule has 1 aromatic rings. The molecule has 4 heteroatoms. The van der Waals surface area contributed by atoms with Crippen molar-refractivity contribution in [3.8, 4) is 0 Å². The summed E-state index contributed by atoms with van der Waals surface area (Å²) in [5, 5.41) is 3.92. The molecule has 0 bridgehead atoms. The Hall–Kier alpha value is -0.870. The van der Waals surface area contributed by atoms with Crippen molar-refractivity contribution in [2.45, 2.75) is 25.3 Å². The SMILES string of the molecule is CN1CCCC(c2cc(CN)no2)C1. The van der Waals surface area contributed by atoms with Crippen molar-refractivity contribution in [2.75, 3.05) is 20.1 Å². The topological polar surface area (TPSA) is 55.3 Å². The molecule has 14 heavy (non-hydrogen) atoms. The van der Waals surface area contributed by atoms with E-state index in [0.29, 0.717) is 12.5 Å². The van der Waals surface area contributed by atoms with Crippen LogP contribution in [0.15, 0.2) is 10.6 Å². The minimum absolute atomic E-state index is 0.464. The molecule has 1 aromatic heterocycles. The quantitative estimate of drug-likeness (QED) is 0.763. The maximum Gasteiger partial charge on any atom is 0.141 e. The summed E-state index contributed by atoms with van der Waals surface area (Å²) in [4.78, 5) is 2.33. The van der Waals surface area contributed by atoms with Gasteiger partial charge in [-0.1, -0.05) is 5.16 Å². The fourth-order valence-corrected chi connectivity index (χ4v) is 2.02. The van der Waals surface area contributed by atoms with E-state index in [0.717, 1.165) is 18.0 Å². The van der Waals surface area contributed by atoms with Crippen LogP contribution >= 0.6 is 0 Å². The van der Waals surface area contributed by atoms with Crippen LogP contribution in [0.4, 0.5) is 0 Å². The van der Waals surface area contributed by atoms with Gasteiger partial charge in [0.05, 0.1) is 5.69 Å². The number of hydrogen-bond acceptors (Lipinski definition) is 4. The normalized spacial score (nSPS) is 24.0. The first-order valence-corrected chi connectivity index (χ1v) is 5.13. The van der Waals surface area contributed by atoms with Crippen molar-refractivity contribution in [3.05, 3.63) is 17.5 Å². The van der Waals surface area contributed by atoms with E-state index >= 15 is 0 Å². The fourth-order valence-electron chi connectivity index (χ4n) is 2.02. The number of rotatable bonds is 2. The third kappa shape index (κ3) is 1.96. The fraction of sp³-hybridized carbons (Fsp3) is 0.700. The average Bonchev–Trinajstić information content (AvgIpc) is 2.66. The van der Waals surface area contributed by atoms with Gasteiger partial charge < -0.3 is 15.2 Å². The molecule has 1 aliphatic heterocycles. The molecule has 78 valence electrons. The van der Waals surface area contributed by atoms with Crippen LogP contribution < -0.4 is 5.73 Å². The van der Waals surface area contributed by atoms with Gasteiger partial charge in [0.15, 0.2) is 0 Å². The Morgan fingerprint density at radius 2 is 2.57 bits per heavy atom. The number of likely N-dealkylation sites (tertiary alicyclic amines) is 1. The minimum Gasteiger partial charge on any atom is -0.361 e. The van der Waals surface area contributed by atoms with E-state index in [-0.39, 0.29) is 0 Å². The monoisotopic (exact) mass is 195 g/mol. The lowest BCUT2D eigenvalue weighted by atomic mass is 9.96. The predicted molar refractivity (Wildman–Crippen MR) is 53.9 cm³/mol. The van der Waals surface area contributed by atoms with Gasteiger partial charge in [-0.3, -0.25) is 0 Å². The summed E-state index contributed by atoms with van der Waals surface area (Å²) >= 11 is 0. The first-order valence-electron chi connectivity index (χ1n) is 5.13. The number of aromatic nitrogens is 1. The van der Waals surface area contributed by atoms with Crippen LogP contribution in [0, 0.1) is 0 Å². The van der Waals surface area contributed by atoms with Gasteiger partial charge in [-0.2, -0.15) is 0 Å². The molecule has 0 amide bonds. The standard InChI is InChI=1S/C10H17N3O/c1-13-4-2-3-8(7-13)10-5-9(6-11)12-14-10/h5,8H,2-4,6-7,11H2,1H3. The summed E-state index contributed by atoms with van der Waals surface area (Å²) in [5.41, 5.74) is 6.34. The van der Waals surface area contributed by atoms with Crippen molar-refractivity contribution in [1.82, 2.24) is 10.1 Å². The third-order valence-electron chi connectivity index (χ3n) is 2.81. The van der Waals surface area contributed by atoms with Gasteiger partial charge in [0.2, 0.25) is 0 Å². The van der Waals surface area contributed by atoms with Crippen molar-refractivity contribution in [3.63, 3.8) is 0 Å². The van der Waals surface area contributed by atoms with Crippen LogP contribution in [-0.2, 0) is 6.54 Å². The van der Waals surface area contributed by atoms with E-state index in [1.807, 2.05) is 6.07 Å². The van der Waals surface area contributed by atoms with Crippen LogP contribution in [0.2, 0.25) is 0 Å². The Balaban J connectivity index is 2.06. The zero-order chi connectivity index (χ0) is 9.97. The molecule has 1 atom stereocenters. The first kappa shape index (κ1) is 9.68. The van der Waals surface area contributed by atoms with Gasteiger partial charge in [0.25, 0.3) is 0 Å². The summed E-state index contributed by atoms with van der Waals surface area (Å²) in [6.45, 7) is 2.72. The molecule has 2 N–H and O–H groups in total. The molecule has 1 fully saturated rings. The highest BCUT2D eigenvalue weighted by Crippen LogP contribution is 2.26. The predicted octanol–water partition coefficient (Wildman–Crippen LogP) is 0.943. The smallest absolute Gasteiger partial charge is 0.141 e. The Bertz CT molecular complexity index is 297. The van der Waals surface area contributed by atoms with E-state index in [4.69, 9.17) is 10.3 Å². The number of hydrogen-bond donors (Lipinski definition) is 1. The molecule has 2 heterocycles. The van der Waals surface area contributed by atoms with Gasteiger partial charge in [-0.05, 0) is 26.4 Å².